The Hall–Kier alpha value is -3.11. The SMILES string of the molecule is COCCCNC(=O)c1ccccc1NC(=O)[C@H]1CN(S(C)(=O)=O)c2ccccc2O1. The lowest BCUT2D eigenvalue weighted by Crippen LogP contribution is -2.48. The third-order valence-electron chi connectivity index (χ3n) is 4.67. The number of sulfonamides is 1. The topological polar surface area (TPSA) is 114 Å². The molecule has 2 N–H and O–H groups in total. The summed E-state index contributed by atoms with van der Waals surface area (Å²) in [5.74, 6) is -0.592. The second-order valence-corrected chi connectivity index (χ2v) is 8.91. The van der Waals surface area contributed by atoms with E-state index in [0.29, 0.717) is 42.3 Å². The quantitative estimate of drug-likeness (QED) is 0.595. The van der Waals surface area contributed by atoms with E-state index in [1.165, 1.54) is 0 Å². The largest absolute Gasteiger partial charge is 0.476 e. The minimum absolute atomic E-state index is 0.174. The molecule has 166 valence electrons. The number of nitrogens with one attached hydrogen (secondary N) is 2. The van der Waals surface area contributed by atoms with Gasteiger partial charge < -0.3 is 20.1 Å². The molecule has 0 spiro atoms. The minimum Gasteiger partial charge on any atom is -0.476 e. The molecular formula is C21H25N3O6S. The highest BCUT2D eigenvalue weighted by Gasteiger charge is 2.35. The summed E-state index contributed by atoms with van der Waals surface area (Å²) in [6.45, 7) is 0.782. The Bertz CT molecular complexity index is 1060. The van der Waals surface area contributed by atoms with Gasteiger partial charge in [-0.15, -0.1) is 0 Å². The van der Waals surface area contributed by atoms with Gasteiger partial charge in [0.1, 0.15) is 5.75 Å². The maximum Gasteiger partial charge on any atom is 0.267 e. The van der Waals surface area contributed by atoms with Gasteiger partial charge in [0.25, 0.3) is 11.8 Å². The van der Waals surface area contributed by atoms with Crippen LogP contribution in [0.1, 0.15) is 16.8 Å². The van der Waals surface area contributed by atoms with Crippen LogP contribution in [0, 0.1) is 0 Å². The van der Waals surface area contributed by atoms with Crippen molar-refractivity contribution in [2.45, 2.75) is 12.5 Å². The molecule has 0 saturated carbocycles. The number of anilines is 2. The lowest BCUT2D eigenvalue weighted by atomic mass is 10.1. The molecule has 31 heavy (non-hydrogen) atoms. The molecule has 0 aromatic heterocycles. The van der Waals surface area contributed by atoms with Gasteiger partial charge in [-0.3, -0.25) is 13.9 Å². The number of hydrogen-bond donors (Lipinski definition) is 2. The van der Waals surface area contributed by atoms with Crippen LogP contribution in [0.3, 0.4) is 0 Å². The Labute approximate surface area is 181 Å². The molecule has 0 aliphatic carbocycles. The summed E-state index contributed by atoms with van der Waals surface area (Å²) in [5, 5.41) is 5.47. The number of amides is 2. The molecule has 2 aromatic carbocycles. The van der Waals surface area contributed by atoms with Crippen LogP contribution in [0.15, 0.2) is 48.5 Å². The minimum atomic E-state index is -3.62. The van der Waals surface area contributed by atoms with Crippen LogP contribution in [0.25, 0.3) is 0 Å². The molecule has 0 fully saturated rings. The number of methoxy groups -OCH3 is 1. The van der Waals surface area contributed by atoms with Gasteiger partial charge in [0.15, 0.2) is 6.10 Å². The highest BCUT2D eigenvalue weighted by molar-refractivity contribution is 7.92. The summed E-state index contributed by atoms with van der Waals surface area (Å²) in [6.07, 6.45) is 0.656. The number of rotatable bonds is 8. The Balaban J connectivity index is 1.76. The van der Waals surface area contributed by atoms with Crippen LogP contribution in [0.2, 0.25) is 0 Å². The van der Waals surface area contributed by atoms with Crippen molar-refractivity contribution >= 4 is 33.2 Å². The second kappa shape index (κ2) is 9.80. The summed E-state index contributed by atoms with van der Waals surface area (Å²) in [7, 11) is -2.03. The van der Waals surface area contributed by atoms with Crippen LogP contribution < -0.4 is 19.7 Å². The van der Waals surface area contributed by atoms with Crippen molar-refractivity contribution in [1.29, 1.82) is 0 Å². The smallest absolute Gasteiger partial charge is 0.267 e. The molecule has 9 nitrogen and oxygen atoms in total. The third-order valence-corrected chi connectivity index (χ3v) is 5.81. The van der Waals surface area contributed by atoms with Gasteiger partial charge in [0.2, 0.25) is 10.0 Å². The number of fused-ring (bicyclic) bond motifs is 1. The van der Waals surface area contributed by atoms with Crippen LogP contribution in [-0.4, -0.2) is 59.4 Å². The first kappa shape index (κ1) is 22.6. The monoisotopic (exact) mass is 447 g/mol. The maximum atomic E-state index is 12.9. The van der Waals surface area contributed by atoms with Crippen molar-refractivity contribution in [3.8, 4) is 5.75 Å². The Morgan fingerprint density at radius 3 is 2.61 bits per heavy atom. The van der Waals surface area contributed by atoms with E-state index in [0.717, 1.165) is 10.6 Å². The van der Waals surface area contributed by atoms with E-state index in [9.17, 15) is 18.0 Å². The molecule has 1 aliphatic heterocycles. The highest BCUT2D eigenvalue weighted by Crippen LogP contribution is 2.34. The first-order valence-electron chi connectivity index (χ1n) is 9.71. The first-order valence-corrected chi connectivity index (χ1v) is 11.6. The molecule has 3 rings (SSSR count). The lowest BCUT2D eigenvalue weighted by Gasteiger charge is -2.33. The van der Waals surface area contributed by atoms with E-state index in [1.807, 2.05) is 0 Å². The van der Waals surface area contributed by atoms with Crippen molar-refractivity contribution in [1.82, 2.24) is 5.32 Å². The van der Waals surface area contributed by atoms with E-state index in [1.54, 1.807) is 55.6 Å². The number of para-hydroxylation sites is 3. The standard InChI is InChI=1S/C21H25N3O6S/c1-29-13-7-12-22-20(25)15-8-3-4-9-16(15)23-21(26)19-14-24(31(2,27)28)17-10-5-6-11-18(17)30-19/h3-6,8-11,19H,7,12-14H2,1-2H3,(H,22,25)(H,23,26)/t19-/m1/s1. The Kier molecular flexibility index (Phi) is 7.13. The van der Waals surface area contributed by atoms with E-state index in [-0.39, 0.29) is 12.5 Å². The number of carbonyl (C=O) groups excluding carboxylic acids is 2. The van der Waals surface area contributed by atoms with Gasteiger partial charge in [-0.1, -0.05) is 24.3 Å². The molecular weight excluding hydrogens is 422 g/mol. The first-order chi connectivity index (χ1) is 14.8. The Morgan fingerprint density at radius 2 is 1.87 bits per heavy atom. The second-order valence-electron chi connectivity index (χ2n) is 7.01. The molecule has 0 radical (unpaired) electrons. The average molecular weight is 448 g/mol. The number of ether oxygens (including phenoxy) is 2. The molecule has 2 amide bonds. The summed E-state index contributed by atoms with van der Waals surface area (Å²) in [5.41, 5.74) is 0.986. The number of nitrogens with zero attached hydrogens (tertiary/aromatic N) is 1. The highest BCUT2D eigenvalue weighted by atomic mass is 32.2. The third kappa shape index (κ3) is 5.53. The van der Waals surface area contributed by atoms with Gasteiger partial charge in [0.05, 0.1) is 29.7 Å². The maximum absolute atomic E-state index is 12.9. The van der Waals surface area contributed by atoms with Crippen molar-refractivity contribution in [2.24, 2.45) is 0 Å². The molecule has 2 aromatic rings. The van der Waals surface area contributed by atoms with Crippen molar-refractivity contribution in [3.05, 3.63) is 54.1 Å². The van der Waals surface area contributed by atoms with Gasteiger partial charge in [-0.25, -0.2) is 8.42 Å². The number of hydrogen-bond acceptors (Lipinski definition) is 6. The van der Waals surface area contributed by atoms with Crippen molar-refractivity contribution in [3.63, 3.8) is 0 Å². The number of benzene rings is 2. The van der Waals surface area contributed by atoms with Gasteiger partial charge in [0, 0.05) is 20.3 Å². The van der Waals surface area contributed by atoms with Crippen molar-refractivity contribution in [2.75, 3.05) is 42.7 Å². The predicted octanol–water partition coefficient (Wildman–Crippen LogP) is 1.62. The molecule has 1 heterocycles. The van der Waals surface area contributed by atoms with Gasteiger partial charge in [-0.05, 0) is 30.7 Å². The lowest BCUT2D eigenvalue weighted by molar-refractivity contribution is -0.122. The summed E-state index contributed by atoms with van der Waals surface area (Å²) in [4.78, 5) is 25.4. The number of carbonyl (C=O) groups is 2. The molecule has 1 atom stereocenters. The fraction of sp³-hybridized carbons (Fsp3) is 0.333. The zero-order chi connectivity index (χ0) is 22.4. The average Bonchev–Trinajstić information content (AvgIpc) is 2.75. The Morgan fingerprint density at radius 1 is 1.16 bits per heavy atom. The molecule has 10 heteroatoms. The molecule has 0 saturated heterocycles. The van der Waals surface area contributed by atoms with E-state index >= 15 is 0 Å². The van der Waals surface area contributed by atoms with E-state index < -0.39 is 22.0 Å². The summed E-state index contributed by atoms with van der Waals surface area (Å²) < 4.78 is 36.3. The summed E-state index contributed by atoms with van der Waals surface area (Å²) >= 11 is 0. The van der Waals surface area contributed by atoms with Gasteiger partial charge >= 0.3 is 0 Å². The van der Waals surface area contributed by atoms with Crippen LogP contribution in [0.5, 0.6) is 5.75 Å². The van der Waals surface area contributed by atoms with Crippen LogP contribution in [0.4, 0.5) is 11.4 Å². The molecule has 0 unspecified atom stereocenters. The molecule has 0 bridgehead atoms. The van der Waals surface area contributed by atoms with Crippen molar-refractivity contribution < 1.29 is 27.5 Å². The van der Waals surface area contributed by atoms with Crippen LogP contribution in [-0.2, 0) is 19.6 Å². The normalized spacial score (nSPS) is 15.5. The zero-order valence-corrected chi connectivity index (χ0v) is 18.1. The fourth-order valence-electron chi connectivity index (χ4n) is 3.17. The fourth-order valence-corrected chi connectivity index (χ4v) is 4.08. The van der Waals surface area contributed by atoms with E-state index in [4.69, 9.17) is 9.47 Å². The van der Waals surface area contributed by atoms with Gasteiger partial charge in [-0.2, -0.15) is 0 Å². The zero-order valence-electron chi connectivity index (χ0n) is 17.3. The predicted molar refractivity (Wildman–Crippen MR) is 117 cm³/mol. The van der Waals surface area contributed by atoms with Crippen LogP contribution >= 0.6 is 0 Å². The van der Waals surface area contributed by atoms with E-state index in [2.05, 4.69) is 10.6 Å². The summed E-state index contributed by atoms with van der Waals surface area (Å²) in [6, 6.07) is 13.2. The molecule has 1 aliphatic rings.